The van der Waals surface area contributed by atoms with Gasteiger partial charge in [-0.1, -0.05) is 0 Å². The lowest BCUT2D eigenvalue weighted by Crippen LogP contribution is -2.14. The quantitative estimate of drug-likeness (QED) is 0.817. The number of aliphatic carboxylic acids is 1. The highest BCUT2D eigenvalue weighted by Gasteiger charge is 2.11. The van der Waals surface area contributed by atoms with Crippen LogP contribution < -0.4 is 9.47 Å². The molecule has 0 saturated heterocycles. The predicted molar refractivity (Wildman–Crippen MR) is 69.3 cm³/mol. The molecule has 1 atom stereocenters. The summed E-state index contributed by atoms with van der Waals surface area (Å²) in [5, 5.41) is 17.5. The van der Waals surface area contributed by atoms with Crippen molar-refractivity contribution in [2.75, 3.05) is 6.61 Å². The van der Waals surface area contributed by atoms with Gasteiger partial charge in [0, 0.05) is 12.5 Å². The smallest absolute Gasteiger partial charge is 0.303 e. The van der Waals surface area contributed by atoms with Gasteiger partial charge in [-0.25, -0.2) is 0 Å². The van der Waals surface area contributed by atoms with Crippen molar-refractivity contribution in [2.24, 2.45) is 0 Å². The Morgan fingerprint density at radius 3 is 2.79 bits per heavy atom. The molecule has 0 fully saturated rings. The van der Waals surface area contributed by atoms with E-state index < -0.39 is 5.97 Å². The maximum atomic E-state index is 10.5. The summed E-state index contributed by atoms with van der Waals surface area (Å²) in [6, 6.07) is 6.96. The number of nitriles is 1. The van der Waals surface area contributed by atoms with Gasteiger partial charge < -0.3 is 14.6 Å². The van der Waals surface area contributed by atoms with Crippen molar-refractivity contribution in [3.8, 4) is 17.6 Å². The number of benzene rings is 1. The van der Waals surface area contributed by atoms with Crippen LogP contribution in [0.2, 0.25) is 0 Å². The van der Waals surface area contributed by atoms with E-state index in [4.69, 9.17) is 19.8 Å². The Morgan fingerprint density at radius 2 is 2.21 bits per heavy atom. The lowest BCUT2D eigenvalue weighted by atomic mass is 10.2. The molecule has 19 heavy (non-hydrogen) atoms. The largest absolute Gasteiger partial charge is 0.490 e. The van der Waals surface area contributed by atoms with E-state index in [1.165, 1.54) is 0 Å². The molecule has 1 unspecified atom stereocenters. The van der Waals surface area contributed by atoms with Gasteiger partial charge in [-0.05, 0) is 32.4 Å². The lowest BCUT2D eigenvalue weighted by molar-refractivity contribution is -0.137. The van der Waals surface area contributed by atoms with E-state index in [-0.39, 0.29) is 12.5 Å². The second-order valence-electron chi connectivity index (χ2n) is 4.07. The van der Waals surface area contributed by atoms with Gasteiger partial charge in [-0.3, -0.25) is 4.79 Å². The van der Waals surface area contributed by atoms with Crippen molar-refractivity contribution < 1.29 is 19.4 Å². The average Bonchev–Trinajstić information content (AvgIpc) is 2.38. The Labute approximate surface area is 112 Å². The summed E-state index contributed by atoms with van der Waals surface area (Å²) >= 11 is 0. The van der Waals surface area contributed by atoms with Gasteiger partial charge in [0.1, 0.15) is 0 Å². The lowest BCUT2D eigenvalue weighted by Gasteiger charge is -2.17. The summed E-state index contributed by atoms with van der Waals surface area (Å²) < 4.78 is 11.1. The van der Waals surface area contributed by atoms with E-state index in [9.17, 15) is 4.79 Å². The standard InChI is InChI=1S/C14H17NO4/c1-3-18-13-8-11(9-15)5-6-12(13)19-10(2)4-7-14(16)17/h5-6,8,10H,3-4,7H2,1-2H3,(H,16,17). The third-order valence-electron chi connectivity index (χ3n) is 2.47. The van der Waals surface area contributed by atoms with Crippen molar-refractivity contribution in [1.82, 2.24) is 0 Å². The van der Waals surface area contributed by atoms with Crippen molar-refractivity contribution in [3.63, 3.8) is 0 Å². The number of carbonyl (C=O) groups is 1. The first kappa shape index (κ1) is 14.8. The normalized spacial score (nSPS) is 11.4. The highest BCUT2D eigenvalue weighted by atomic mass is 16.5. The summed E-state index contributed by atoms with van der Waals surface area (Å²) in [5.74, 6) is 0.183. The van der Waals surface area contributed by atoms with Crippen LogP contribution >= 0.6 is 0 Å². The van der Waals surface area contributed by atoms with Crippen molar-refractivity contribution in [3.05, 3.63) is 23.8 Å². The first-order chi connectivity index (χ1) is 9.06. The molecule has 102 valence electrons. The molecule has 5 nitrogen and oxygen atoms in total. The Balaban J connectivity index is 2.76. The zero-order valence-electron chi connectivity index (χ0n) is 11.0. The summed E-state index contributed by atoms with van der Waals surface area (Å²) in [7, 11) is 0. The van der Waals surface area contributed by atoms with E-state index in [1.807, 2.05) is 13.0 Å². The molecule has 0 aliphatic carbocycles. The molecule has 0 saturated carbocycles. The van der Waals surface area contributed by atoms with Crippen LogP contribution in [0.5, 0.6) is 11.5 Å². The summed E-state index contributed by atoms with van der Waals surface area (Å²) in [5.41, 5.74) is 0.494. The molecule has 0 spiro atoms. The molecule has 1 N–H and O–H groups in total. The van der Waals surface area contributed by atoms with Crippen LogP contribution in [0.3, 0.4) is 0 Å². The van der Waals surface area contributed by atoms with E-state index in [0.717, 1.165) is 0 Å². The minimum atomic E-state index is -0.847. The van der Waals surface area contributed by atoms with Crippen LogP contribution in [-0.2, 0) is 4.79 Å². The number of ether oxygens (including phenoxy) is 2. The van der Waals surface area contributed by atoms with E-state index >= 15 is 0 Å². The van der Waals surface area contributed by atoms with E-state index in [0.29, 0.717) is 30.1 Å². The predicted octanol–water partition coefficient (Wildman–Crippen LogP) is 2.59. The minimum absolute atomic E-state index is 0.0570. The highest BCUT2D eigenvalue weighted by molar-refractivity contribution is 5.66. The van der Waals surface area contributed by atoms with E-state index in [2.05, 4.69) is 0 Å². The van der Waals surface area contributed by atoms with Gasteiger partial charge >= 0.3 is 5.97 Å². The van der Waals surface area contributed by atoms with Crippen LogP contribution in [0.15, 0.2) is 18.2 Å². The number of nitrogens with zero attached hydrogens (tertiary/aromatic N) is 1. The van der Waals surface area contributed by atoms with E-state index in [1.54, 1.807) is 25.1 Å². The first-order valence-electron chi connectivity index (χ1n) is 6.12. The Kier molecular flexibility index (Phi) is 5.68. The van der Waals surface area contributed by atoms with Crippen LogP contribution in [0, 0.1) is 11.3 Å². The van der Waals surface area contributed by atoms with Crippen LogP contribution in [-0.4, -0.2) is 23.8 Å². The van der Waals surface area contributed by atoms with Crippen LogP contribution in [0.25, 0.3) is 0 Å². The molecule has 1 aromatic rings. The zero-order valence-corrected chi connectivity index (χ0v) is 11.0. The number of carboxylic acid groups (broad SMARTS) is 1. The third kappa shape index (κ3) is 4.88. The van der Waals surface area contributed by atoms with Crippen LogP contribution in [0.1, 0.15) is 32.3 Å². The van der Waals surface area contributed by atoms with Gasteiger partial charge in [-0.15, -0.1) is 0 Å². The molecule has 0 amide bonds. The molecule has 0 bridgehead atoms. The molecule has 1 aromatic carbocycles. The van der Waals surface area contributed by atoms with Gasteiger partial charge in [0.05, 0.1) is 24.3 Å². The second kappa shape index (κ2) is 7.27. The molecular weight excluding hydrogens is 246 g/mol. The first-order valence-corrected chi connectivity index (χ1v) is 6.12. The maximum absolute atomic E-state index is 10.5. The number of hydrogen-bond donors (Lipinski definition) is 1. The van der Waals surface area contributed by atoms with Crippen molar-refractivity contribution in [2.45, 2.75) is 32.8 Å². The fraction of sp³-hybridized carbons (Fsp3) is 0.429. The van der Waals surface area contributed by atoms with Gasteiger partial charge in [-0.2, -0.15) is 5.26 Å². The Morgan fingerprint density at radius 1 is 1.47 bits per heavy atom. The highest BCUT2D eigenvalue weighted by Crippen LogP contribution is 2.29. The number of rotatable bonds is 7. The molecule has 0 heterocycles. The summed E-state index contributed by atoms with van der Waals surface area (Å²) in [6.07, 6.45) is 0.241. The van der Waals surface area contributed by atoms with Gasteiger partial charge in [0.2, 0.25) is 0 Å². The molecule has 0 aliphatic rings. The summed E-state index contributed by atoms with van der Waals surface area (Å²) in [6.45, 7) is 4.11. The molecule has 5 heteroatoms. The third-order valence-corrected chi connectivity index (χ3v) is 2.47. The molecule has 0 aromatic heterocycles. The molecule has 0 aliphatic heterocycles. The maximum Gasteiger partial charge on any atom is 0.303 e. The zero-order chi connectivity index (χ0) is 14.3. The summed E-state index contributed by atoms with van der Waals surface area (Å²) in [4.78, 5) is 10.5. The molecule has 0 radical (unpaired) electrons. The Bertz CT molecular complexity index is 479. The Hall–Kier alpha value is -2.22. The van der Waals surface area contributed by atoms with Crippen LogP contribution in [0.4, 0.5) is 0 Å². The fourth-order valence-corrected chi connectivity index (χ4v) is 1.55. The average molecular weight is 263 g/mol. The second-order valence-corrected chi connectivity index (χ2v) is 4.07. The van der Waals surface area contributed by atoms with Crippen molar-refractivity contribution >= 4 is 5.97 Å². The van der Waals surface area contributed by atoms with Gasteiger partial charge in [0.25, 0.3) is 0 Å². The SMILES string of the molecule is CCOc1cc(C#N)ccc1OC(C)CCC(=O)O. The monoisotopic (exact) mass is 263 g/mol. The topological polar surface area (TPSA) is 79.5 Å². The fourth-order valence-electron chi connectivity index (χ4n) is 1.55. The minimum Gasteiger partial charge on any atom is -0.490 e. The van der Waals surface area contributed by atoms with Gasteiger partial charge in [0.15, 0.2) is 11.5 Å². The molecular formula is C14H17NO4. The number of hydrogen-bond acceptors (Lipinski definition) is 4. The van der Waals surface area contributed by atoms with Crippen molar-refractivity contribution in [1.29, 1.82) is 5.26 Å². The number of carboxylic acids is 1. The molecule has 1 rings (SSSR count).